The fourth-order valence-corrected chi connectivity index (χ4v) is 5.77. The lowest BCUT2D eigenvalue weighted by molar-refractivity contribution is -0.776. The van der Waals surface area contributed by atoms with Gasteiger partial charge in [0, 0.05) is 24.4 Å². The van der Waals surface area contributed by atoms with Crippen LogP contribution in [0.2, 0.25) is 0 Å². The van der Waals surface area contributed by atoms with Gasteiger partial charge < -0.3 is 35.6 Å². The van der Waals surface area contributed by atoms with Gasteiger partial charge in [0.15, 0.2) is 17.4 Å². The van der Waals surface area contributed by atoms with Gasteiger partial charge in [-0.15, -0.1) is 16.0 Å². The molecule has 0 saturated carbocycles. The number of nitrogen functional groups attached to an aromatic ring is 1. The first-order valence-corrected chi connectivity index (χ1v) is 15.7. The summed E-state index contributed by atoms with van der Waals surface area (Å²) < 4.78 is 47.0. The standard InChI is InChI=1S/C25H30N8O10S2/c1-25(2)20(22(35)33(25)43-45(38,39)40)29-21(34)19(16-12-44-24(26)28-16)30-42-18(23(36)37)11-41-15-4-5-17-14(6-15)10-32(31(17)3)9-13-7-27-8-13/h4-6,10,12-13,18,20,27H,7-9,11H2,1-3H3,(H4-,26,28,29,34,36,37,38,39,40)/b30-19-/t18-,20+/m0/s1. The summed E-state index contributed by atoms with van der Waals surface area (Å²) in [5.74, 6) is -2.56. The van der Waals surface area contributed by atoms with Gasteiger partial charge in [-0.2, -0.15) is 14.0 Å². The molecule has 5 N–H and O–H groups in total. The van der Waals surface area contributed by atoms with E-state index in [2.05, 4.69) is 29.7 Å². The third-order valence-corrected chi connectivity index (χ3v) is 8.38. The molecule has 2 aromatic heterocycles. The number of hydrogen-bond donors (Lipinski definition) is 4. The number of carboxylic acid groups (broad SMARTS) is 1. The summed E-state index contributed by atoms with van der Waals surface area (Å²) >= 11 is 0.961. The van der Waals surface area contributed by atoms with E-state index in [4.69, 9.17) is 15.3 Å². The summed E-state index contributed by atoms with van der Waals surface area (Å²) in [5.41, 5.74) is 4.59. The fourth-order valence-electron chi connectivity index (χ4n) is 4.78. The highest BCUT2D eigenvalue weighted by Gasteiger charge is 2.57. The maximum absolute atomic E-state index is 13.2. The number of fused-ring (bicyclic) bond motifs is 1. The minimum absolute atomic E-state index is 0.0610. The molecule has 0 bridgehead atoms. The Labute approximate surface area is 260 Å². The Balaban J connectivity index is 1.29. The number of carbonyl (C=O) groups excluding carboxylic acids is 2. The molecular weight excluding hydrogens is 636 g/mol. The minimum atomic E-state index is -5.26. The van der Waals surface area contributed by atoms with Crippen molar-refractivity contribution >= 4 is 61.3 Å². The number of nitrogens with zero attached hydrogens (tertiary/aromatic N) is 5. The number of benzene rings is 1. The Hall–Kier alpha value is -4.37. The second-order valence-electron chi connectivity index (χ2n) is 10.9. The molecule has 18 nitrogen and oxygen atoms in total. The van der Waals surface area contributed by atoms with Crippen molar-refractivity contribution in [3.8, 4) is 5.75 Å². The van der Waals surface area contributed by atoms with Gasteiger partial charge in [0.25, 0.3) is 17.9 Å². The van der Waals surface area contributed by atoms with E-state index in [0.29, 0.717) is 16.7 Å². The molecule has 5 rings (SSSR count). The van der Waals surface area contributed by atoms with E-state index in [1.54, 1.807) is 12.1 Å². The number of hydroxylamine groups is 2. The number of amides is 2. The summed E-state index contributed by atoms with van der Waals surface area (Å²) in [6, 6.07) is 3.97. The molecule has 20 heteroatoms. The third kappa shape index (κ3) is 6.83. The summed E-state index contributed by atoms with van der Waals surface area (Å²) in [4.78, 5) is 46.9. The van der Waals surface area contributed by atoms with Gasteiger partial charge in [0.05, 0.1) is 18.0 Å². The number of β-lactam (4-membered cyclic amide) rings is 1. The van der Waals surface area contributed by atoms with E-state index in [9.17, 15) is 32.5 Å². The third-order valence-electron chi connectivity index (χ3n) is 7.38. The maximum Gasteiger partial charge on any atom is 0.351 e. The number of nitrogens with one attached hydrogen (secondary N) is 2. The number of carboxylic acids is 1. The molecule has 2 amide bonds. The number of ether oxygens (including phenoxy) is 1. The number of anilines is 1. The van der Waals surface area contributed by atoms with Gasteiger partial charge in [0.1, 0.15) is 29.6 Å². The van der Waals surface area contributed by atoms with E-state index >= 15 is 0 Å². The lowest BCUT2D eigenvalue weighted by Crippen LogP contribution is -2.76. The predicted octanol–water partition coefficient (Wildman–Crippen LogP) is -1.53. The molecule has 45 heavy (non-hydrogen) atoms. The molecule has 0 aliphatic carbocycles. The monoisotopic (exact) mass is 666 g/mol. The first kappa shape index (κ1) is 32.0. The Bertz CT molecular complexity index is 1780. The van der Waals surface area contributed by atoms with Crippen LogP contribution in [0, 0.1) is 5.92 Å². The molecule has 0 spiro atoms. The average Bonchev–Trinajstić information content (AvgIpc) is 3.50. The van der Waals surface area contributed by atoms with Crippen molar-refractivity contribution in [2.75, 3.05) is 25.4 Å². The van der Waals surface area contributed by atoms with Gasteiger partial charge in [-0.05, 0) is 32.0 Å². The van der Waals surface area contributed by atoms with Crippen LogP contribution in [0.5, 0.6) is 5.75 Å². The largest absolute Gasteiger partial charge is 0.724 e. The van der Waals surface area contributed by atoms with Gasteiger partial charge in [-0.1, -0.05) is 5.16 Å². The molecule has 2 aliphatic rings. The highest BCUT2D eigenvalue weighted by Crippen LogP contribution is 2.33. The molecule has 242 valence electrons. The fraction of sp³-hybridized carbons (Fsp3) is 0.440. The molecule has 0 radical (unpaired) electrons. The van der Waals surface area contributed by atoms with E-state index in [1.165, 1.54) is 19.2 Å². The van der Waals surface area contributed by atoms with Crippen LogP contribution in [-0.4, -0.2) is 93.7 Å². The lowest BCUT2D eigenvalue weighted by Gasteiger charge is -2.51. The van der Waals surface area contributed by atoms with Gasteiger partial charge in [-0.3, -0.25) is 9.59 Å². The van der Waals surface area contributed by atoms with Crippen LogP contribution in [0.1, 0.15) is 19.5 Å². The first-order chi connectivity index (χ1) is 21.1. The molecule has 0 unspecified atom stereocenters. The zero-order valence-corrected chi connectivity index (χ0v) is 25.8. The minimum Gasteiger partial charge on any atom is -0.724 e. The molecule has 4 heterocycles. The van der Waals surface area contributed by atoms with Crippen LogP contribution in [0.25, 0.3) is 10.9 Å². The second-order valence-corrected chi connectivity index (χ2v) is 12.8. The predicted molar refractivity (Wildman–Crippen MR) is 154 cm³/mol. The highest BCUT2D eigenvalue weighted by molar-refractivity contribution is 7.80. The number of hydrogen-bond acceptors (Lipinski definition) is 14. The summed E-state index contributed by atoms with van der Waals surface area (Å²) in [5, 5.41) is 21.7. The van der Waals surface area contributed by atoms with Crippen molar-refractivity contribution in [3.05, 3.63) is 35.5 Å². The number of aliphatic carboxylic acids is 1. The van der Waals surface area contributed by atoms with Crippen LogP contribution >= 0.6 is 11.3 Å². The number of aryl methyl sites for hydroxylation is 1. The van der Waals surface area contributed by atoms with Crippen molar-refractivity contribution in [1.29, 1.82) is 0 Å². The van der Waals surface area contributed by atoms with Crippen LogP contribution in [0.15, 0.2) is 34.9 Å². The normalized spacial score (nSPS) is 19.1. The highest BCUT2D eigenvalue weighted by atomic mass is 32.3. The maximum atomic E-state index is 13.2. The Morgan fingerprint density at radius 3 is 2.69 bits per heavy atom. The van der Waals surface area contributed by atoms with E-state index in [0.717, 1.165) is 41.9 Å². The molecular formula is C25H30N8O10S2. The molecule has 2 atom stereocenters. The van der Waals surface area contributed by atoms with Crippen LogP contribution in [0.4, 0.5) is 5.13 Å². The number of oxime groups is 1. The van der Waals surface area contributed by atoms with Gasteiger partial charge in [-0.25, -0.2) is 18.2 Å². The van der Waals surface area contributed by atoms with Crippen molar-refractivity contribution in [3.63, 3.8) is 0 Å². The van der Waals surface area contributed by atoms with E-state index < -0.39 is 58.2 Å². The van der Waals surface area contributed by atoms with E-state index in [-0.39, 0.29) is 10.8 Å². The van der Waals surface area contributed by atoms with Crippen molar-refractivity contribution in [1.82, 2.24) is 25.4 Å². The number of nitrogens with two attached hydrogens (primary N) is 1. The van der Waals surface area contributed by atoms with Crippen LogP contribution in [0.3, 0.4) is 0 Å². The molecule has 2 saturated heterocycles. The average molecular weight is 667 g/mol. The van der Waals surface area contributed by atoms with Gasteiger partial charge >= 0.3 is 5.97 Å². The Morgan fingerprint density at radius 1 is 1.38 bits per heavy atom. The number of rotatable bonds is 13. The number of aromatic nitrogens is 3. The molecule has 2 aliphatic heterocycles. The zero-order chi connectivity index (χ0) is 32.7. The number of carbonyl (C=O) groups is 3. The quantitative estimate of drug-likeness (QED) is 0.0405. The number of thiazole rings is 1. The van der Waals surface area contributed by atoms with Crippen molar-refractivity contribution in [2.24, 2.45) is 18.1 Å². The van der Waals surface area contributed by atoms with E-state index in [1.807, 2.05) is 24.0 Å². The van der Waals surface area contributed by atoms with Gasteiger partial charge in [0.2, 0.25) is 16.6 Å². The Morgan fingerprint density at radius 2 is 2.11 bits per heavy atom. The van der Waals surface area contributed by atoms with Crippen LogP contribution in [-0.2, 0) is 47.5 Å². The zero-order valence-electron chi connectivity index (χ0n) is 24.2. The SMILES string of the molecule is Cn1c2ccc(OC[C@H](O/N=C(\C(=O)N[C@@H]3C(=O)N(OS(=O)(=O)[O-])C3(C)C)c3csc(N)n3)C(=O)O)cc2c[n+]1CC1CNC1. The smallest absolute Gasteiger partial charge is 0.351 e. The summed E-state index contributed by atoms with van der Waals surface area (Å²) in [6.07, 6.45) is 0.318. The topological polar surface area (TPSA) is 244 Å². The summed E-state index contributed by atoms with van der Waals surface area (Å²) in [6.45, 7) is 4.97. The van der Waals surface area contributed by atoms with Crippen molar-refractivity contribution in [2.45, 2.75) is 38.1 Å². The van der Waals surface area contributed by atoms with Crippen molar-refractivity contribution < 1.29 is 51.0 Å². The first-order valence-electron chi connectivity index (χ1n) is 13.4. The molecule has 1 aromatic carbocycles. The molecule has 3 aromatic rings. The second kappa shape index (κ2) is 12.2. The Kier molecular flexibility index (Phi) is 8.68. The lowest BCUT2D eigenvalue weighted by atomic mass is 9.84. The van der Waals surface area contributed by atoms with Crippen LogP contribution < -0.4 is 25.8 Å². The summed E-state index contributed by atoms with van der Waals surface area (Å²) in [7, 11) is -3.31. The molecule has 2 fully saturated rings.